The van der Waals surface area contributed by atoms with Crippen LogP contribution in [0.5, 0.6) is 0 Å². The van der Waals surface area contributed by atoms with Crippen LogP contribution in [0.1, 0.15) is 105 Å². The van der Waals surface area contributed by atoms with Crippen molar-refractivity contribution in [1.82, 2.24) is 10.1 Å². The smallest absolute Gasteiger partial charge is 0.333 e. The first kappa shape index (κ1) is 34.5. The van der Waals surface area contributed by atoms with Gasteiger partial charge in [0, 0.05) is 37.7 Å². The summed E-state index contributed by atoms with van der Waals surface area (Å²) in [7, 11) is 0. The first-order valence-corrected chi connectivity index (χ1v) is 12.8. The molecule has 2 aliphatic heterocycles. The van der Waals surface area contributed by atoms with E-state index in [0.717, 1.165) is 44.9 Å². The van der Waals surface area contributed by atoms with Gasteiger partial charge < -0.3 is 14.9 Å². The van der Waals surface area contributed by atoms with Gasteiger partial charge in [0.05, 0.1) is 6.42 Å². The normalized spacial score (nSPS) is 16.9. The number of hydroxylamine groups is 4. The molecule has 2 saturated heterocycles. The zero-order chi connectivity index (χ0) is 26.9. The van der Waals surface area contributed by atoms with Gasteiger partial charge in [-0.15, -0.1) is 10.1 Å². The summed E-state index contributed by atoms with van der Waals surface area (Å²) in [5.41, 5.74) is 0. The second kappa shape index (κ2) is 19.5. The molecule has 2 heterocycles. The van der Waals surface area contributed by atoms with E-state index in [1.165, 1.54) is 0 Å². The van der Waals surface area contributed by atoms with Gasteiger partial charge in [0.2, 0.25) is 0 Å². The number of rotatable bonds is 15. The number of amides is 4. The molecule has 2 aliphatic rings. The van der Waals surface area contributed by atoms with Crippen molar-refractivity contribution >= 4 is 47.6 Å². The number of hydrogen-bond acceptors (Lipinski definition) is 12. The average molecular weight is 550 g/mol. The van der Waals surface area contributed by atoms with Crippen LogP contribution in [0, 0.1) is 0 Å². The average Bonchev–Trinajstić information content (AvgIpc) is 3.31. The highest BCUT2D eigenvalue weighted by atomic mass is 32.2. The first-order valence-electron chi connectivity index (χ1n) is 12.0. The summed E-state index contributed by atoms with van der Waals surface area (Å²) < 4.78 is 4.00. The predicted molar refractivity (Wildman–Crippen MR) is 128 cm³/mol. The minimum atomic E-state index is -0.940. The second-order valence-electron chi connectivity index (χ2n) is 8.08. The summed E-state index contributed by atoms with van der Waals surface area (Å²) in [5, 5.41) is 12.9. The van der Waals surface area contributed by atoms with Crippen LogP contribution in [0.4, 0.5) is 0 Å². The Morgan fingerprint density at radius 1 is 0.811 bits per heavy atom. The predicted octanol–water partition coefficient (Wildman–Crippen LogP) is 2.61. The SMILES string of the molecule is C.CCCCCCC(=O)ON1C(=O)CC(SOO[O-])C1=O.CCCCCCC(=O)ON1C(=O)CCC1=O. The fraction of sp³-hybridized carbons (Fsp3) is 0.739. The van der Waals surface area contributed by atoms with Crippen LogP contribution in [0.15, 0.2) is 0 Å². The maximum atomic E-state index is 11.7. The van der Waals surface area contributed by atoms with E-state index in [1.54, 1.807) is 0 Å². The highest BCUT2D eigenvalue weighted by molar-refractivity contribution is 7.96. The molecule has 1 atom stereocenters. The van der Waals surface area contributed by atoms with Crippen molar-refractivity contribution in [3.05, 3.63) is 0 Å². The Bertz CT molecular complexity index is 762. The fourth-order valence-corrected chi connectivity index (χ4v) is 3.68. The molecule has 0 aliphatic carbocycles. The van der Waals surface area contributed by atoms with Gasteiger partial charge in [-0.1, -0.05) is 59.8 Å². The van der Waals surface area contributed by atoms with Crippen LogP contribution >= 0.6 is 12.0 Å². The molecule has 0 N–H and O–H groups in total. The minimum absolute atomic E-state index is 0. The van der Waals surface area contributed by atoms with Crippen LogP contribution in [0.25, 0.3) is 0 Å². The van der Waals surface area contributed by atoms with Crippen LogP contribution in [0.3, 0.4) is 0 Å². The number of imide groups is 2. The summed E-state index contributed by atoms with van der Waals surface area (Å²) in [6.07, 6.45) is 7.95. The molecule has 2 fully saturated rings. The Kier molecular flexibility index (Phi) is 18.2. The van der Waals surface area contributed by atoms with E-state index in [9.17, 15) is 34.0 Å². The van der Waals surface area contributed by atoms with Crippen molar-refractivity contribution in [3.8, 4) is 0 Å². The summed E-state index contributed by atoms with van der Waals surface area (Å²) in [4.78, 5) is 77.7. The van der Waals surface area contributed by atoms with Crippen molar-refractivity contribution in [2.45, 2.75) is 110 Å². The lowest BCUT2D eigenvalue weighted by Gasteiger charge is -2.13. The van der Waals surface area contributed by atoms with Gasteiger partial charge in [-0.3, -0.25) is 24.2 Å². The summed E-state index contributed by atoms with van der Waals surface area (Å²) in [5.74, 6) is -3.36. The quantitative estimate of drug-likeness (QED) is 0.0963. The highest BCUT2D eigenvalue weighted by Crippen LogP contribution is 2.26. The molecule has 0 aromatic carbocycles. The second-order valence-corrected chi connectivity index (χ2v) is 8.98. The molecule has 0 spiro atoms. The van der Waals surface area contributed by atoms with Gasteiger partial charge in [0.15, 0.2) is 0 Å². The molecule has 4 amide bonds. The van der Waals surface area contributed by atoms with Gasteiger partial charge in [0.25, 0.3) is 23.6 Å². The molecular formula is C23H37N2O11S-. The van der Waals surface area contributed by atoms with Crippen molar-refractivity contribution in [2.75, 3.05) is 0 Å². The lowest BCUT2D eigenvalue weighted by Crippen LogP contribution is -2.34. The number of unbranched alkanes of at least 4 members (excludes halogenated alkanes) is 6. The Morgan fingerprint density at radius 3 is 1.76 bits per heavy atom. The van der Waals surface area contributed by atoms with Crippen molar-refractivity contribution in [1.29, 1.82) is 0 Å². The third-order valence-corrected chi connectivity index (χ3v) is 5.84. The lowest BCUT2D eigenvalue weighted by molar-refractivity contribution is -0.777. The van der Waals surface area contributed by atoms with Crippen molar-refractivity contribution < 1.29 is 53.1 Å². The molecule has 13 nitrogen and oxygen atoms in total. The topological polar surface area (TPSA) is 169 Å². The van der Waals surface area contributed by atoms with Crippen molar-refractivity contribution in [2.24, 2.45) is 0 Å². The van der Waals surface area contributed by atoms with Gasteiger partial charge in [-0.25, -0.2) is 9.59 Å². The Balaban J connectivity index is 0.000000698. The zero-order valence-corrected chi connectivity index (χ0v) is 21.4. The van der Waals surface area contributed by atoms with E-state index in [2.05, 4.69) is 16.3 Å². The minimum Gasteiger partial charge on any atom is -0.691 e. The monoisotopic (exact) mass is 549 g/mol. The molecule has 212 valence electrons. The summed E-state index contributed by atoms with van der Waals surface area (Å²) >= 11 is 0.413. The lowest BCUT2D eigenvalue weighted by atomic mass is 10.2. The maximum Gasteiger partial charge on any atom is 0.333 e. The Hall–Kier alpha value is -2.55. The van der Waals surface area contributed by atoms with E-state index in [4.69, 9.17) is 9.68 Å². The van der Waals surface area contributed by atoms with Crippen LogP contribution in [0.2, 0.25) is 0 Å². The first-order chi connectivity index (χ1) is 17.2. The van der Waals surface area contributed by atoms with Crippen LogP contribution < -0.4 is 5.26 Å². The number of carbonyl (C=O) groups excluding carboxylic acids is 6. The molecule has 0 bridgehead atoms. The number of carbonyl (C=O) groups is 6. The maximum absolute atomic E-state index is 11.7. The van der Waals surface area contributed by atoms with E-state index >= 15 is 0 Å². The molecule has 0 aromatic rings. The Morgan fingerprint density at radius 2 is 1.30 bits per heavy atom. The third kappa shape index (κ3) is 13.0. The standard InChI is InChI=1S/C11H17NO7S.C11H17NO4.CH4/c1-2-3-4-5-6-10(14)17-12-9(13)7-8(11(12)15)20-19-18-16;1-2-3-4-5-6-11(15)16-12-9(13)7-8-10(12)14;/h8,16H,2-7H2,1H3;2-8H2,1H3;1H4/p-1. The van der Waals surface area contributed by atoms with E-state index in [0.29, 0.717) is 28.6 Å². The third-order valence-electron chi connectivity index (χ3n) is 5.11. The molecule has 37 heavy (non-hydrogen) atoms. The van der Waals surface area contributed by atoms with Crippen LogP contribution in [-0.4, -0.2) is 50.9 Å². The summed E-state index contributed by atoms with van der Waals surface area (Å²) in [6.45, 7) is 4.13. The van der Waals surface area contributed by atoms with Gasteiger partial charge in [0.1, 0.15) is 5.25 Å². The van der Waals surface area contributed by atoms with E-state index < -0.39 is 40.8 Å². The molecule has 0 aromatic heterocycles. The molecule has 0 saturated carbocycles. The van der Waals surface area contributed by atoms with Gasteiger partial charge in [-0.05, 0) is 12.8 Å². The molecule has 0 radical (unpaired) electrons. The fourth-order valence-electron chi connectivity index (χ4n) is 3.16. The molecule has 14 heteroatoms. The zero-order valence-electron chi connectivity index (χ0n) is 20.6. The van der Waals surface area contributed by atoms with Gasteiger partial charge in [-0.2, -0.15) is 4.33 Å². The van der Waals surface area contributed by atoms with Crippen LogP contribution in [-0.2, 0) is 47.8 Å². The molecule has 2 rings (SSSR count). The Labute approximate surface area is 221 Å². The van der Waals surface area contributed by atoms with Gasteiger partial charge >= 0.3 is 11.9 Å². The summed E-state index contributed by atoms with van der Waals surface area (Å²) in [6, 6.07) is 0. The molecule has 1 unspecified atom stereocenters. The number of nitrogens with zero attached hydrogens (tertiary/aromatic N) is 2. The number of hydrogen-bond donors (Lipinski definition) is 0. The largest absolute Gasteiger partial charge is 0.691 e. The molecular weight excluding hydrogens is 512 g/mol. The van der Waals surface area contributed by atoms with E-state index in [1.807, 2.05) is 6.92 Å². The highest BCUT2D eigenvalue weighted by Gasteiger charge is 2.43. The van der Waals surface area contributed by atoms with E-state index in [-0.39, 0.29) is 39.5 Å². The van der Waals surface area contributed by atoms with Crippen molar-refractivity contribution in [3.63, 3.8) is 0 Å².